The van der Waals surface area contributed by atoms with Gasteiger partial charge in [0.05, 0.1) is 17.9 Å². The highest BCUT2D eigenvalue weighted by Crippen LogP contribution is 2.17. The summed E-state index contributed by atoms with van der Waals surface area (Å²) in [6.07, 6.45) is 2.90. The molecule has 3 aromatic heterocycles. The second kappa shape index (κ2) is 7.21. The van der Waals surface area contributed by atoms with Gasteiger partial charge in [0.15, 0.2) is 0 Å². The summed E-state index contributed by atoms with van der Waals surface area (Å²) < 4.78 is 10.0. The molecule has 2 N–H and O–H groups in total. The lowest BCUT2D eigenvalue weighted by Gasteiger charge is -2.09. The molecule has 120 valence electrons. The Morgan fingerprint density at radius 2 is 2.35 bits per heavy atom. The van der Waals surface area contributed by atoms with E-state index >= 15 is 0 Å². The molecular weight excluding hydrogens is 318 g/mol. The number of nitrogens with one attached hydrogen (secondary N) is 1. The Balaban J connectivity index is 1.44. The van der Waals surface area contributed by atoms with E-state index < -0.39 is 6.10 Å². The third-order valence-corrected chi connectivity index (χ3v) is 3.94. The van der Waals surface area contributed by atoms with Gasteiger partial charge in [-0.1, -0.05) is 5.16 Å². The SMILES string of the molecule is O=C(CCc1nc(-c2ccoc2)no1)NCC(O)c1ccsc1. The van der Waals surface area contributed by atoms with Crippen LogP contribution in [0.25, 0.3) is 11.4 Å². The van der Waals surface area contributed by atoms with Gasteiger partial charge in [-0.05, 0) is 28.5 Å². The monoisotopic (exact) mass is 333 g/mol. The minimum absolute atomic E-state index is 0.178. The van der Waals surface area contributed by atoms with Crippen LogP contribution in [0.15, 0.2) is 44.4 Å². The molecule has 0 aliphatic rings. The van der Waals surface area contributed by atoms with Gasteiger partial charge >= 0.3 is 0 Å². The zero-order chi connectivity index (χ0) is 16.1. The van der Waals surface area contributed by atoms with Crippen molar-refractivity contribution in [1.82, 2.24) is 15.5 Å². The number of thiophene rings is 1. The molecule has 23 heavy (non-hydrogen) atoms. The Bertz CT molecular complexity index is 737. The second-order valence-corrected chi connectivity index (χ2v) is 5.68. The summed E-state index contributed by atoms with van der Waals surface area (Å²) in [6.45, 7) is 0.180. The summed E-state index contributed by atoms with van der Waals surface area (Å²) in [5.74, 6) is 0.638. The predicted molar refractivity (Wildman–Crippen MR) is 82.6 cm³/mol. The Hall–Kier alpha value is -2.45. The molecule has 0 radical (unpaired) electrons. The number of amides is 1. The van der Waals surface area contributed by atoms with Gasteiger partial charge in [0.2, 0.25) is 17.6 Å². The number of rotatable bonds is 7. The van der Waals surface area contributed by atoms with Crippen LogP contribution in [-0.2, 0) is 11.2 Å². The van der Waals surface area contributed by atoms with Crippen molar-refractivity contribution in [3.63, 3.8) is 0 Å². The van der Waals surface area contributed by atoms with Gasteiger partial charge in [-0.25, -0.2) is 0 Å². The molecule has 0 aliphatic carbocycles. The molecule has 0 saturated heterocycles. The van der Waals surface area contributed by atoms with Gasteiger partial charge < -0.3 is 19.4 Å². The number of aliphatic hydroxyl groups excluding tert-OH is 1. The summed E-state index contributed by atoms with van der Waals surface area (Å²) in [5, 5.41) is 20.1. The van der Waals surface area contributed by atoms with E-state index in [-0.39, 0.29) is 18.9 Å². The molecule has 3 rings (SSSR count). The first kappa shape index (κ1) is 15.4. The summed E-state index contributed by atoms with van der Waals surface area (Å²) in [6, 6.07) is 3.56. The molecule has 0 bridgehead atoms. The minimum Gasteiger partial charge on any atom is -0.472 e. The first-order valence-electron chi connectivity index (χ1n) is 7.04. The number of hydrogen-bond acceptors (Lipinski definition) is 7. The summed E-state index contributed by atoms with van der Waals surface area (Å²) in [7, 11) is 0. The van der Waals surface area contributed by atoms with Gasteiger partial charge in [-0.15, -0.1) is 0 Å². The summed E-state index contributed by atoms with van der Waals surface area (Å²) in [4.78, 5) is 16.0. The number of furan rings is 1. The molecule has 1 atom stereocenters. The normalized spacial score (nSPS) is 12.2. The van der Waals surface area contributed by atoms with Crippen LogP contribution in [0.5, 0.6) is 0 Å². The average Bonchev–Trinajstić information content (AvgIpc) is 3.32. The Kier molecular flexibility index (Phi) is 4.84. The molecule has 0 saturated carbocycles. The maximum absolute atomic E-state index is 11.8. The predicted octanol–water partition coefficient (Wildman–Crippen LogP) is 2.17. The van der Waals surface area contributed by atoms with Gasteiger partial charge in [-0.3, -0.25) is 4.79 Å². The largest absolute Gasteiger partial charge is 0.472 e. The summed E-state index contributed by atoms with van der Waals surface area (Å²) >= 11 is 1.50. The van der Waals surface area contributed by atoms with Gasteiger partial charge in [0.25, 0.3) is 0 Å². The van der Waals surface area contributed by atoms with Crippen molar-refractivity contribution in [2.75, 3.05) is 6.54 Å². The lowest BCUT2D eigenvalue weighted by Crippen LogP contribution is -2.28. The number of hydrogen-bond donors (Lipinski definition) is 2. The van der Waals surface area contributed by atoms with Crippen LogP contribution >= 0.6 is 11.3 Å². The quantitative estimate of drug-likeness (QED) is 0.687. The Labute approximate surface area is 135 Å². The van der Waals surface area contributed by atoms with Gasteiger partial charge in [0.1, 0.15) is 6.26 Å². The second-order valence-electron chi connectivity index (χ2n) is 4.90. The fourth-order valence-corrected chi connectivity index (χ4v) is 2.67. The number of aromatic nitrogens is 2. The van der Waals surface area contributed by atoms with Crippen LogP contribution in [0.4, 0.5) is 0 Å². The highest BCUT2D eigenvalue weighted by Gasteiger charge is 2.13. The van der Waals surface area contributed by atoms with Crippen molar-refractivity contribution in [2.24, 2.45) is 0 Å². The molecule has 0 aliphatic heterocycles. The van der Waals surface area contributed by atoms with Crippen molar-refractivity contribution in [3.05, 3.63) is 46.9 Å². The van der Waals surface area contributed by atoms with Crippen molar-refractivity contribution < 1.29 is 18.8 Å². The number of carbonyl (C=O) groups is 1. The van der Waals surface area contributed by atoms with Crippen LogP contribution in [0.2, 0.25) is 0 Å². The molecule has 3 heterocycles. The zero-order valence-electron chi connectivity index (χ0n) is 12.1. The zero-order valence-corrected chi connectivity index (χ0v) is 13.0. The van der Waals surface area contributed by atoms with Crippen LogP contribution < -0.4 is 5.32 Å². The average molecular weight is 333 g/mol. The van der Waals surface area contributed by atoms with E-state index in [0.717, 1.165) is 11.1 Å². The molecule has 3 aromatic rings. The maximum Gasteiger partial charge on any atom is 0.227 e. The Morgan fingerprint density at radius 3 is 3.09 bits per heavy atom. The van der Waals surface area contributed by atoms with Crippen LogP contribution in [-0.4, -0.2) is 27.7 Å². The van der Waals surface area contributed by atoms with E-state index in [0.29, 0.717) is 18.1 Å². The number of nitrogens with zero attached hydrogens (tertiary/aromatic N) is 2. The molecule has 0 spiro atoms. The van der Waals surface area contributed by atoms with Crippen molar-refractivity contribution in [3.8, 4) is 11.4 Å². The number of aliphatic hydroxyl groups is 1. The van der Waals surface area contributed by atoms with Crippen molar-refractivity contribution in [2.45, 2.75) is 18.9 Å². The third-order valence-electron chi connectivity index (χ3n) is 3.23. The van der Waals surface area contributed by atoms with Crippen LogP contribution in [0.3, 0.4) is 0 Å². The smallest absolute Gasteiger partial charge is 0.227 e. The van der Waals surface area contributed by atoms with E-state index in [9.17, 15) is 9.90 Å². The minimum atomic E-state index is -0.693. The lowest BCUT2D eigenvalue weighted by molar-refractivity contribution is -0.121. The molecule has 8 heteroatoms. The van der Waals surface area contributed by atoms with Gasteiger partial charge in [0, 0.05) is 19.4 Å². The molecule has 0 aromatic carbocycles. The fraction of sp³-hybridized carbons (Fsp3) is 0.267. The van der Waals surface area contributed by atoms with E-state index in [4.69, 9.17) is 8.94 Å². The van der Waals surface area contributed by atoms with Crippen molar-refractivity contribution >= 4 is 17.2 Å². The van der Waals surface area contributed by atoms with Crippen LogP contribution in [0, 0.1) is 0 Å². The highest BCUT2D eigenvalue weighted by molar-refractivity contribution is 7.07. The Morgan fingerprint density at radius 1 is 1.43 bits per heavy atom. The lowest BCUT2D eigenvalue weighted by atomic mass is 10.2. The first-order chi connectivity index (χ1) is 11.2. The molecular formula is C15H15N3O4S. The summed E-state index contributed by atoms with van der Waals surface area (Å²) in [5.41, 5.74) is 1.53. The highest BCUT2D eigenvalue weighted by atomic mass is 32.1. The first-order valence-corrected chi connectivity index (χ1v) is 7.98. The van der Waals surface area contributed by atoms with E-state index in [1.165, 1.54) is 23.9 Å². The molecule has 0 fully saturated rings. The standard InChI is InChI=1S/C15H15N3O4S/c19-12(11-4-6-23-9-11)7-16-13(20)1-2-14-17-15(18-22-14)10-3-5-21-8-10/h3-6,8-9,12,19H,1-2,7H2,(H,16,20). The number of carbonyl (C=O) groups excluding carboxylic acids is 1. The van der Waals surface area contributed by atoms with E-state index in [1.54, 1.807) is 6.07 Å². The third kappa shape index (κ3) is 4.05. The topological polar surface area (TPSA) is 101 Å². The molecule has 1 amide bonds. The van der Waals surface area contributed by atoms with Crippen LogP contribution in [0.1, 0.15) is 24.0 Å². The maximum atomic E-state index is 11.8. The van der Waals surface area contributed by atoms with Gasteiger partial charge in [-0.2, -0.15) is 16.3 Å². The van der Waals surface area contributed by atoms with E-state index in [2.05, 4.69) is 15.5 Å². The van der Waals surface area contributed by atoms with Crippen molar-refractivity contribution in [1.29, 1.82) is 0 Å². The molecule has 1 unspecified atom stereocenters. The van der Waals surface area contributed by atoms with E-state index in [1.807, 2.05) is 16.8 Å². The number of aryl methyl sites for hydroxylation is 1. The molecule has 7 nitrogen and oxygen atoms in total. The fourth-order valence-electron chi connectivity index (χ4n) is 1.97.